The lowest BCUT2D eigenvalue weighted by Gasteiger charge is -2.24. The van der Waals surface area contributed by atoms with Crippen LogP contribution in [0.15, 0.2) is 4.99 Å². The fourth-order valence-corrected chi connectivity index (χ4v) is 3.29. The number of carbonyl (C=O) groups is 1. The van der Waals surface area contributed by atoms with Crippen LogP contribution in [-0.4, -0.2) is 73.0 Å². The van der Waals surface area contributed by atoms with Crippen molar-refractivity contribution in [1.82, 2.24) is 25.3 Å². The lowest BCUT2D eigenvalue weighted by atomic mass is 10.1. The minimum atomic E-state index is -0.0170. The van der Waals surface area contributed by atoms with E-state index in [9.17, 15) is 4.79 Å². The topological polar surface area (TPSA) is 83.8 Å². The van der Waals surface area contributed by atoms with Crippen LogP contribution >= 0.6 is 24.0 Å². The number of guanidine groups is 1. The molecule has 0 spiro atoms. The van der Waals surface area contributed by atoms with Crippen molar-refractivity contribution in [2.45, 2.75) is 52.1 Å². The van der Waals surface area contributed by atoms with Crippen LogP contribution < -0.4 is 10.6 Å². The van der Waals surface area contributed by atoms with Crippen LogP contribution in [0.25, 0.3) is 0 Å². The molecule has 29 heavy (non-hydrogen) atoms. The minimum Gasteiger partial charge on any atom is -0.376 e. The van der Waals surface area contributed by atoms with E-state index in [0.29, 0.717) is 12.5 Å². The zero-order valence-electron chi connectivity index (χ0n) is 18.5. The van der Waals surface area contributed by atoms with Crippen molar-refractivity contribution in [3.63, 3.8) is 0 Å². The Morgan fingerprint density at radius 2 is 2.07 bits per heavy atom. The third-order valence-corrected chi connectivity index (χ3v) is 5.20. The highest BCUT2D eigenvalue weighted by Crippen LogP contribution is 2.14. The maximum Gasteiger partial charge on any atom is 0.243 e. The summed E-state index contributed by atoms with van der Waals surface area (Å²) in [6.07, 6.45) is 5.56. The van der Waals surface area contributed by atoms with E-state index in [1.807, 2.05) is 11.7 Å². The molecular weight excluding hydrogens is 483 g/mol. The van der Waals surface area contributed by atoms with Crippen molar-refractivity contribution in [3.8, 4) is 0 Å². The molecule has 1 atom stereocenters. The van der Waals surface area contributed by atoms with Crippen molar-refractivity contribution in [2.24, 2.45) is 12.0 Å². The molecule has 1 amide bonds. The molecule has 0 aromatic carbocycles. The maximum atomic E-state index is 11.9. The van der Waals surface area contributed by atoms with Crippen LogP contribution in [-0.2, 0) is 23.0 Å². The fourth-order valence-electron chi connectivity index (χ4n) is 3.29. The minimum absolute atomic E-state index is 0. The third-order valence-electron chi connectivity index (χ3n) is 5.20. The fraction of sp³-hybridized carbons (Fsp3) is 0.750. The van der Waals surface area contributed by atoms with Crippen molar-refractivity contribution in [1.29, 1.82) is 0 Å². The number of rotatable bonds is 8. The lowest BCUT2D eigenvalue weighted by Crippen LogP contribution is -2.43. The number of likely N-dealkylation sites (N-methyl/N-ethyl adjacent to an activating group) is 1. The monoisotopic (exact) mass is 520 g/mol. The molecule has 0 aliphatic carbocycles. The highest BCUT2D eigenvalue weighted by atomic mass is 127. The number of ether oxygens (including phenoxy) is 1. The van der Waals surface area contributed by atoms with Crippen molar-refractivity contribution in [2.75, 3.05) is 40.3 Å². The van der Waals surface area contributed by atoms with E-state index in [0.717, 1.165) is 44.5 Å². The number of aliphatic imine (C=N–C) groups is 1. The summed E-state index contributed by atoms with van der Waals surface area (Å²) < 4.78 is 7.71. The molecule has 1 aromatic rings. The summed E-state index contributed by atoms with van der Waals surface area (Å²) in [6.45, 7) is 6.61. The number of hydrogen-bond donors (Lipinski definition) is 2. The third kappa shape index (κ3) is 8.49. The summed E-state index contributed by atoms with van der Waals surface area (Å²) >= 11 is 0. The van der Waals surface area contributed by atoms with E-state index < -0.39 is 0 Å². The Morgan fingerprint density at radius 1 is 1.31 bits per heavy atom. The lowest BCUT2D eigenvalue weighted by molar-refractivity contribution is -0.127. The van der Waals surface area contributed by atoms with Gasteiger partial charge in [0.05, 0.1) is 11.8 Å². The first kappa shape index (κ1) is 25.7. The quantitative estimate of drug-likeness (QED) is 0.236. The molecule has 8 nitrogen and oxygen atoms in total. The van der Waals surface area contributed by atoms with Gasteiger partial charge in [-0.3, -0.25) is 9.48 Å². The zero-order chi connectivity index (χ0) is 20.5. The molecule has 1 saturated heterocycles. The first-order valence-electron chi connectivity index (χ1n) is 10.2. The van der Waals surface area contributed by atoms with E-state index in [4.69, 9.17) is 4.74 Å². The van der Waals surface area contributed by atoms with Crippen LogP contribution in [0.3, 0.4) is 0 Å². The van der Waals surface area contributed by atoms with Gasteiger partial charge in [-0.2, -0.15) is 5.10 Å². The molecule has 9 heteroatoms. The van der Waals surface area contributed by atoms with Gasteiger partial charge < -0.3 is 20.3 Å². The van der Waals surface area contributed by atoms with Crippen LogP contribution in [0.1, 0.15) is 42.6 Å². The van der Waals surface area contributed by atoms with E-state index in [1.165, 1.54) is 17.7 Å². The number of nitrogens with one attached hydrogen (secondary N) is 2. The summed E-state index contributed by atoms with van der Waals surface area (Å²) in [5, 5.41) is 11.2. The number of amides is 1. The predicted molar refractivity (Wildman–Crippen MR) is 127 cm³/mol. The van der Waals surface area contributed by atoms with Gasteiger partial charge >= 0.3 is 0 Å². The molecule has 0 radical (unpaired) electrons. The summed E-state index contributed by atoms with van der Waals surface area (Å²) in [5.74, 6) is 0.653. The SMILES string of the molecule is Cc1nn(C)c(C)c1CCCNC(=NCC(=O)N(C)C)NCC1CCCCO1.I. The molecule has 1 aliphatic heterocycles. The van der Waals surface area contributed by atoms with Crippen LogP contribution in [0.2, 0.25) is 0 Å². The Bertz CT molecular complexity index is 668. The summed E-state index contributed by atoms with van der Waals surface area (Å²) in [5.41, 5.74) is 3.63. The zero-order valence-corrected chi connectivity index (χ0v) is 20.8. The van der Waals surface area contributed by atoms with Gasteiger partial charge in [-0.15, -0.1) is 24.0 Å². The summed E-state index contributed by atoms with van der Waals surface area (Å²) in [6, 6.07) is 0. The second-order valence-corrected chi connectivity index (χ2v) is 7.63. The Hall–Kier alpha value is -1.36. The molecule has 2 rings (SSSR count). The van der Waals surface area contributed by atoms with Gasteiger partial charge in [0.2, 0.25) is 5.91 Å². The molecule has 1 aromatic heterocycles. The Balaban J connectivity index is 0.00000420. The largest absolute Gasteiger partial charge is 0.376 e. The van der Waals surface area contributed by atoms with Gasteiger partial charge in [-0.1, -0.05) is 0 Å². The average Bonchev–Trinajstić information content (AvgIpc) is 2.92. The Kier molecular flexibility index (Phi) is 11.6. The normalized spacial score (nSPS) is 16.9. The summed E-state index contributed by atoms with van der Waals surface area (Å²) in [4.78, 5) is 17.9. The van der Waals surface area contributed by atoms with E-state index >= 15 is 0 Å². The molecule has 1 fully saturated rings. The molecule has 0 saturated carbocycles. The molecule has 1 unspecified atom stereocenters. The van der Waals surface area contributed by atoms with E-state index in [1.54, 1.807) is 19.0 Å². The highest BCUT2D eigenvalue weighted by Gasteiger charge is 2.14. The number of carbonyl (C=O) groups excluding carboxylic acids is 1. The second kappa shape index (κ2) is 13.0. The Labute approximate surface area is 191 Å². The first-order chi connectivity index (χ1) is 13.4. The van der Waals surface area contributed by atoms with Crippen molar-refractivity contribution in [3.05, 3.63) is 17.0 Å². The molecule has 1 aliphatic rings. The van der Waals surface area contributed by atoms with E-state index in [-0.39, 0.29) is 42.5 Å². The molecular formula is C20H37IN6O2. The van der Waals surface area contributed by atoms with Crippen LogP contribution in [0.5, 0.6) is 0 Å². The number of hydrogen-bond acceptors (Lipinski definition) is 4. The average molecular weight is 520 g/mol. The maximum absolute atomic E-state index is 11.9. The number of halogens is 1. The van der Waals surface area contributed by atoms with Gasteiger partial charge in [0, 0.05) is 46.5 Å². The van der Waals surface area contributed by atoms with Gasteiger partial charge in [0.15, 0.2) is 5.96 Å². The second-order valence-electron chi connectivity index (χ2n) is 7.63. The standard InChI is InChI=1S/C20H36N6O2.HI/c1-15-18(16(2)26(5)24-15)10-8-11-21-20(23-14-19(27)25(3)4)22-13-17-9-6-7-12-28-17;/h17H,6-14H2,1-5H3,(H2,21,22,23);1H. The highest BCUT2D eigenvalue weighted by molar-refractivity contribution is 14.0. The van der Waals surface area contributed by atoms with Crippen molar-refractivity contribution < 1.29 is 9.53 Å². The van der Waals surface area contributed by atoms with Gasteiger partial charge in [0.25, 0.3) is 0 Å². The number of aromatic nitrogens is 2. The molecule has 2 heterocycles. The predicted octanol–water partition coefficient (Wildman–Crippen LogP) is 1.78. The van der Waals surface area contributed by atoms with Gasteiger partial charge in [-0.05, 0) is 51.5 Å². The molecule has 166 valence electrons. The number of nitrogens with zero attached hydrogens (tertiary/aromatic N) is 4. The van der Waals surface area contributed by atoms with Crippen molar-refractivity contribution >= 4 is 35.8 Å². The van der Waals surface area contributed by atoms with Crippen LogP contribution in [0, 0.1) is 13.8 Å². The molecule has 0 bridgehead atoms. The first-order valence-corrected chi connectivity index (χ1v) is 10.2. The van der Waals surface area contributed by atoms with Crippen LogP contribution in [0.4, 0.5) is 0 Å². The Morgan fingerprint density at radius 3 is 2.66 bits per heavy atom. The summed E-state index contributed by atoms with van der Waals surface area (Å²) in [7, 11) is 5.47. The smallest absolute Gasteiger partial charge is 0.243 e. The number of aryl methyl sites for hydroxylation is 2. The molecule has 2 N–H and O–H groups in total. The van der Waals surface area contributed by atoms with Gasteiger partial charge in [-0.25, -0.2) is 4.99 Å². The van der Waals surface area contributed by atoms with E-state index in [2.05, 4.69) is 34.6 Å². The van der Waals surface area contributed by atoms with Gasteiger partial charge in [0.1, 0.15) is 6.54 Å².